The Labute approximate surface area is 191 Å². The molecule has 5 nitrogen and oxygen atoms in total. The highest BCUT2D eigenvalue weighted by molar-refractivity contribution is 6.18. The molecule has 0 saturated heterocycles. The van der Waals surface area contributed by atoms with Gasteiger partial charge in [-0.2, -0.15) is 0 Å². The van der Waals surface area contributed by atoms with E-state index in [1.165, 1.54) is 6.20 Å². The number of rotatable bonds is 9. The summed E-state index contributed by atoms with van der Waals surface area (Å²) in [5.41, 5.74) is 2.99. The van der Waals surface area contributed by atoms with Crippen molar-refractivity contribution in [1.29, 1.82) is 0 Å². The number of aromatic nitrogens is 1. The van der Waals surface area contributed by atoms with E-state index in [9.17, 15) is 14.7 Å². The van der Waals surface area contributed by atoms with Crippen LogP contribution in [0.3, 0.4) is 0 Å². The fourth-order valence-electron chi connectivity index (χ4n) is 3.73. The molecule has 0 aliphatic carbocycles. The molecule has 0 bridgehead atoms. The lowest BCUT2D eigenvalue weighted by atomic mass is 10.00. The van der Waals surface area contributed by atoms with E-state index in [4.69, 9.17) is 23.2 Å². The number of pyridine rings is 1. The van der Waals surface area contributed by atoms with Gasteiger partial charge in [0.1, 0.15) is 5.56 Å². The van der Waals surface area contributed by atoms with Crippen LogP contribution in [0.15, 0.2) is 53.5 Å². The van der Waals surface area contributed by atoms with Gasteiger partial charge in [-0.05, 0) is 48.7 Å². The highest BCUT2D eigenvalue weighted by atomic mass is 35.5. The maximum absolute atomic E-state index is 12.9. The summed E-state index contributed by atoms with van der Waals surface area (Å²) >= 11 is 11.8. The van der Waals surface area contributed by atoms with Crippen molar-refractivity contribution in [1.82, 2.24) is 9.47 Å². The Bertz CT molecular complexity index is 1140. The zero-order chi connectivity index (χ0) is 22.5. The summed E-state index contributed by atoms with van der Waals surface area (Å²) in [6.45, 7) is 6.15. The predicted molar refractivity (Wildman–Crippen MR) is 128 cm³/mol. The number of carbonyl (C=O) groups is 1. The van der Waals surface area contributed by atoms with E-state index < -0.39 is 11.4 Å². The predicted octanol–water partition coefficient (Wildman–Crippen LogP) is 5.23. The van der Waals surface area contributed by atoms with Crippen LogP contribution in [0, 0.1) is 0 Å². The van der Waals surface area contributed by atoms with E-state index in [2.05, 4.69) is 11.0 Å². The molecular formula is C24H26Cl2N2O3. The third-order valence-corrected chi connectivity index (χ3v) is 5.62. The van der Waals surface area contributed by atoms with E-state index in [-0.39, 0.29) is 11.6 Å². The van der Waals surface area contributed by atoms with Gasteiger partial charge in [0.05, 0.1) is 5.52 Å². The number of carboxylic acids is 1. The van der Waals surface area contributed by atoms with Gasteiger partial charge < -0.3 is 9.67 Å². The average molecular weight is 461 g/mol. The van der Waals surface area contributed by atoms with Gasteiger partial charge in [0.15, 0.2) is 0 Å². The Hall–Kier alpha value is -2.34. The Morgan fingerprint density at radius 1 is 1.06 bits per heavy atom. The second kappa shape index (κ2) is 10.3. The summed E-state index contributed by atoms with van der Waals surface area (Å²) in [6, 6.07) is 13.8. The van der Waals surface area contributed by atoms with Crippen molar-refractivity contribution in [2.24, 2.45) is 0 Å². The number of halogens is 2. The third kappa shape index (κ3) is 5.29. The number of fused-ring (bicyclic) bond motifs is 1. The van der Waals surface area contributed by atoms with Crippen molar-refractivity contribution in [2.75, 3.05) is 24.8 Å². The molecule has 0 amide bonds. The molecule has 0 saturated carbocycles. The second-order valence-electron chi connectivity index (χ2n) is 7.76. The molecule has 0 fully saturated rings. The number of benzene rings is 2. The lowest BCUT2D eigenvalue weighted by molar-refractivity contribution is 0.0694. The van der Waals surface area contributed by atoms with Gasteiger partial charge in [0, 0.05) is 49.0 Å². The lowest BCUT2D eigenvalue weighted by Gasteiger charge is -2.20. The molecule has 7 heteroatoms. The van der Waals surface area contributed by atoms with E-state index in [1.54, 1.807) is 6.07 Å². The second-order valence-corrected chi connectivity index (χ2v) is 8.52. The molecule has 2 aromatic carbocycles. The number of hydrogen-bond acceptors (Lipinski definition) is 3. The Balaban J connectivity index is 2.07. The minimum Gasteiger partial charge on any atom is -0.477 e. The van der Waals surface area contributed by atoms with E-state index in [0.717, 1.165) is 41.8 Å². The maximum Gasteiger partial charge on any atom is 0.341 e. The van der Waals surface area contributed by atoms with Crippen LogP contribution >= 0.6 is 23.2 Å². The zero-order valence-corrected chi connectivity index (χ0v) is 19.2. The van der Waals surface area contributed by atoms with Gasteiger partial charge in [0.2, 0.25) is 5.43 Å². The molecule has 3 rings (SSSR count). The monoisotopic (exact) mass is 460 g/mol. The van der Waals surface area contributed by atoms with Gasteiger partial charge in [-0.1, -0.05) is 24.3 Å². The molecule has 3 aromatic rings. The molecule has 0 atom stereocenters. The van der Waals surface area contributed by atoms with Crippen molar-refractivity contribution < 1.29 is 9.90 Å². The Morgan fingerprint density at radius 3 is 2.35 bits per heavy atom. The molecular weight excluding hydrogens is 435 g/mol. The molecule has 0 unspecified atom stereocenters. The van der Waals surface area contributed by atoms with Crippen LogP contribution < -0.4 is 5.43 Å². The van der Waals surface area contributed by atoms with Crippen LogP contribution in [0.5, 0.6) is 0 Å². The number of alkyl halides is 2. The third-order valence-electron chi connectivity index (χ3n) is 5.29. The first-order valence-electron chi connectivity index (χ1n) is 10.2. The minimum atomic E-state index is -1.22. The SMILES string of the molecule is CC(C)n1cc(C(=O)O)c(=O)c2cc(-c3cccc(CN(CCCl)CCCl)c3)ccc21. The van der Waals surface area contributed by atoms with Crippen molar-refractivity contribution in [3.63, 3.8) is 0 Å². The van der Waals surface area contributed by atoms with E-state index >= 15 is 0 Å². The first-order chi connectivity index (χ1) is 14.8. The van der Waals surface area contributed by atoms with Gasteiger partial charge in [-0.3, -0.25) is 9.69 Å². The fourth-order valence-corrected chi connectivity index (χ4v) is 4.21. The smallest absolute Gasteiger partial charge is 0.341 e. The van der Waals surface area contributed by atoms with Gasteiger partial charge in [-0.25, -0.2) is 4.79 Å². The number of hydrogen-bond donors (Lipinski definition) is 1. The standard InChI is InChI=1S/C24H26Cl2N2O3/c1-16(2)28-15-21(24(30)31)23(29)20-13-19(6-7-22(20)28)18-5-3-4-17(12-18)14-27(10-8-25)11-9-26/h3-7,12-13,15-16H,8-11,14H2,1-2H3,(H,30,31). The van der Waals surface area contributed by atoms with Crippen LogP contribution in [0.1, 0.15) is 35.8 Å². The molecule has 0 spiro atoms. The summed E-state index contributed by atoms with van der Waals surface area (Å²) < 4.78 is 1.83. The Kier molecular flexibility index (Phi) is 7.76. The van der Waals surface area contributed by atoms with Gasteiger partial charge in [0.25, 0.3) is 0 Å². The van der Waals surface area contributed by atoms with Gasteiger partial charge in [-0.15, -0.1) is 23.2 Å². The van der Waals surface area contributed by atoms with Crippen molar-refractivity contribution in [2.45, 2.75) is 26.4 Å². The summed E-state index contributed by atoms with van der Waals surface area (Å²) in [7, 11) is 0. The summed E-state index contributed by atoms with van der Waals surface area (Å²) in [6.07, 6.45) is 1.43. The van der Waals surface area contributed by atoms with E-state index in [1.807, 2.05) is 48.7 Å². The largest absolute Gasteiger partial charge is 0.477 e. The molecule has 0 aliphatic rings. The highest BCUT2D eigenvalue weighted by Crippen LogP contribution is 2.26. The summed E-state index contributed by atoms with van der Waals surface area (Å²) in [5.74, 6) is -0.141. The minimum absolute atomic E-state index is 0.0187. The number of carboxylic acid groups (broad SMARTS) is 1. The molecule has 0 aliphatic heterocycles. The Morgan fingerprint density at radius 2 is 1.74 bits per heavy atom. The van der Waals surface area contributed by atoms with E-state index in [0.29, 0.717) is 17.1 Å². The fraction of sp³-hybridized carbons (Fsp3) is 0.333. The molecule has 0 radical (unpaired) electrons. The van der Waals surface area contributed by atoms with Crippen LogP contribution in [0.4, 0.5) is 0 Å². The van der Waals surface area contributed by atoms with Crippen LogP contribution in [-0.2, 0) is 6.54 Å². The van der Waals surface area contributed by atoms with Crippen molar-refractivity contribution in [3.05, 3.63) is 70.0 Å². The van der Waals surface area contributed by atoms with Gasteiger partial charge >= 0.3 is 5.97 Å². The number of aromatic carboxylic acids is 1. The normalized spacial score (nSPS) is 11.5. The molecule has 1 heterocycles. The summed E-state index contributed by atoms with van der Waals surface area (Å²) in [5, 5.41) is 9.89. The molecule has 1 N–H and O–H groups in total. The highest BCUT2D eigenvalue weighted by Gasteiger charge is 2.16. The van der Waals surface area contributed by atoms with Crippen LogP contribution in [-0.4, -0.2) is 45.4 Å². The first-order valence-corrected chi connectivity index (χ1v) is 11.3. The van der Waals surface area contributed by atoms with Crippen molar-refractivity contribution >= 4 is 40.1 Å². The van der Waals surface area contributed by atoms with Crippen molar-refractivity contribution in [3.8, 4) is 11.1 Å². The van der Waals surface area contributed by atoms with Crippen LogP contribution in [0.2, 0.25) is 0 Å². The molecule has 164 valence electrons. The van der Waals surface area contributed by atoms with Crippen LogP contribution in [0.25, 0.3) is 22.0 Å². The molecule has 31 heavy (non-hydrogen) atoms. The maximum atomic E-state index is 12.9. The average Bonchev–Trinajstić information content (AvgIpc) is 2.74. The molecule has 1 aromatic heterocycles. The zero-order valence-electron chi connectivity index (χ0n) is 17.6. The first kappa shape index (κ1) is 23.3. The topological polar surface area (TPSA) is 62.5 Å². The summed E-state index contributed by atoms with van der Waals surface area (Å²) in [4.78, 5) is 26.7. The lowest BCUT2D eigenvalue weighted by Crippen LogP contribution is -2.27. The number of nitrogens with zero attached hydrogens (tertiary/aromatic N) is 2. The quantitative estimate of drug-likeness (QED) is 0.444.